The molecule has 3 amide bonds. The van der Waals surface area contributed by atoms with Crippen molar-refractivity contribution in [3.8, 4) is 5.75 Å². The van der Waals surface area contributed by atoms with Gasteiger partial charge in [-0.3, -0.25) is 14.4 Å². The average molecular weight is 564 g/mol. The number of hydrogen-bond acceptors (Lipinski definition) is 6. The Bertz CT molecular complexity index is 1240. The molecule has 2 bridgehead atoms. The Balaban J connectivity index is 1.39. The molecule has 220 valence electrons. The molecular weight excluding hydrogens is 522 g/mol. The minimum atomic E-state index is -1.06. The van der Waals surface area contributed by atoms with Gasteiger partial charge in [0, 0.05) is 25.4 Å². The summed E-state index contributed by atoms with van der Waals surface area (Å²) in [5, 5.41) is 15.2. The molecule has 3 saturated heterocycles. The Hall–Kier alpha value is -3.43. The van der Waals surface area contributed by atoms with E-state index in [1.54, 1.807) is 29.2 Å². The summed E-state index contributed by atoms with van der Waals surface area (Å²) in [6.45, 7) is 5.23. The molecule has 0 saturated carbocycles. The number of unbranched alkanes of at least 4 members (excludes halogenated alkanes) is 3. The molecule has 0 aromatic heterocycles. The van der Waals surface area contributed by atoms with Crippen LogP contribution in [0, 0.1) is 11.8 Å². The molecule has 0 radical (unpaired) electrons. The zero-order valence-electron chi connectivity index (χ0n) is 23.9. The Morgan fingerprint density at radius 3 is 2.46 bits per heavy atom. The third kappa shape index (κ3) is 5.57. The van der Waals surface area contributed by atoms with Crippen molar-refractivity contribution in [3.05, 3.63) is 60.2 Å². The molecule has 3 heterocycles. The van der Waals surface area contributed by atoms with Crippen molar-refractivity contribution < 1.29 is 29.0 Å². The van der Waals surface area contributed by atoms with Crippen LogP contribution in [0.4, 0.5) is 5.69 Å². The third-order valence-corrected chi connectivity index (χ3v) is 8.86. The van der Waals surface area contributed by atoms with Gasteiger partial charge >= 0.3 is 0 Å². The summed E-state index contributed by atoms with van der Waals surface area (Å²) in [7, 11) is 0. The van der Waals surface area contributed by atoms with Crippen LogP contribution in [-0.2, 0) is 25.7 Å². The lowest BCUT2D eigenvalue weighted by molar-refractivity contribution is -0.145. The number of aliphatic hydroxyl groups excluding tert-OH is 1. The van der Waals surface area contributed by atoms with E-state index in [4.69, 9.17) is 14.6 Å². The van der Waals surface area contributed by atoms with Gasteiger partial charge in [0.25, 0.3) is 0 Å². The Kier molecular flexibility index (Phi) is 8.66. The molecule has 3 aliphatic heterocycles. The first-order valence-corrected chi connectivity index (χ1v) is 14.8. The summed E-state index contributed by atoms with van der Waals surface area (Å²) < 4.78 is 12.2. The summed E-state index contributed by atoms with van der Waals surface area (Å²) in [5.74, 6) is -1.47. The Morgan fingerprint density at radius 2 is 1.76 bits per heavy atom. The molecule has 9 nitrogen and oxygen atoms in total. The zero-order chi connectivity index (χ0) is 29.0. The topological polar surface area (TPSA) is 117 Å². The average Bonchev–Trinajstić information content (AvgIpc) is 3.54. The van der Waals surface area contributed by atoms with Crippen molar-refractivity contribution in [2.24, 2.45) is 11.8 Å². The van der Waals surface area contributed by atoms with Crippen LogP contribution in [0.2, 0.25) is 0 Å². The highest BCUT2D eigenvalue weighted by atomic mass is 16.5. The number of ether oxygens (including phenoxy) is 2. The van der Waals surface area contributed by atoms with Gasteiger partial charge in [-0.15, -0.1) is 0 Å². The third-order valence-electron chi connectivity index (χ3n) is 8.86. The number of benzene rings is 2. The quantitative estimate of drug-likeness (QED) is 0.320. The van der Waals surface area contributed by atoms with E-state index < -0.39 is 29.1 Å². The van der Waals surface area contributed by atoms with Gasteiger partial charge in [0.15, 0.2) is 0 Å². The standard InChI is InChI=1S/C32H41N3O6/c1-3-40-24-15-13-23(14-16-24)34-28(37)25-26-30(39)35(19-9-4-5-10-20-36)27(32(26)18-17-31(25,2)41-32)29(38)33-21-22-11-7-6-8-12-22/h6-8,11-16,25-27,36H,3-5,9-10,17-21H2,1-2H3,(H,33,38)(H,34,37)/t25-,26-,27?,31+,32?/m0/s1. The minimum absolute atomic E-state index is 0.135. The second kappa shape index (κ2) is 12.2. The highest BCUT2D eigenvalue weighted by Gasteiger charge is 2.77. The molecule has 3 N–H and O–H groups in total. The van der Waals surface area contributed by atoms with Crippen molar-refractivity contribution in [1.29, 1.82) is 0 Å². The van der Waals surface area contributed by atoms with Gasteiger partial charge in [-0.25, -0.2) is 0 Å². The van der Waals surface area contributed by atoms with E-state index in [1.807, 2.05) is 44.2 Å². The first kappa shape index (κ1) is 29.1. The first-order chi connectivity index (χ1) is 19.8. The number of amides is 3. The van der Waals surface area contributed by atoms with Crippen LogP contribution >= 0.6 is 0 Å². The van der Waals surface area contributed by atoms with Gasteiger partial charge in [-0.05, 0) is 69.4 Å². The van der Waals surface area contributed by atoms with Gasteiger partial charge in [-0.2, -0.15) is 0 Å². The minimum Gasteiger partial charge on any atom is -0.494 e. The molecule has 9 heteroatoms. The number of likely N-dealkylation sites (tertiary alicyclic amines) is 1. The number of fused-ring (bicyclic) bond motifs is 1. The number of rotatable bonds is 13. The summed E-state index contributed by atoms with van der Waals surface area (Å²) in [5.41, 5.74) is -0.326. The van der Waals surface area contributed by atoms with Crippen LogP contribution in [0.5, 0.6) is 5.75 Å². The highest BCUT2D eigenvalue weighted by Crippen LogP contribution is 2.63. The van der Waals surface area contributed by atoms with Gasteiger partial charge in [0.1, 0.15) is 17.4 Å². The van der Waals surface area contributed by atoms with Gasteiger partial charge in [0.05, 0.1) is 24.0 Å². The number of nitrogens with one attached hydrogen (secondary N) is 2. The summed E-state index contributed by atoms with van der Waals surface area (Å²) in [4.78, 5) is 43.5. The fourth-order valence-electron chi connectivity index (χ4n) is 7.02. The maximum atomic E-state index is 14.1. The van der Waals surface area contributed by atoms with E-state index in [0.29, 0.717) is 56.8 Å². The molecule has 5 rings (SSSR count). The first-order valence-electron chi connectivity index (χ1n) is 14.8. The zero-order valence-corrected chi connectivity index (χ0v) is 23.9. The number of nitrogens with zero attached hydrogens (tertiary/aromatic N) is 1. The molecule has 0 aliphatic carbocycles. The van der Waals surface area contributed by atoms with Gasteiger partial charge in [0.2, 0.25) is 17.7 Å². The van der Waals surface area contributed by atoms with E-state index in [1.165, 1.54) is 0 Å². The normalized spacial score (nSPS) is 28.0. The molecular formula is C32H41N3O6. The Morgan fingerprint density at radius 1 is 1.02 bits per heavy atom. The molecule has 5 atom stereocenters. The molecule has 2 aromatic carbocycles. The lowest BCUT2D eigenvalue weighted by Gasteiger charge is -2.33. The number of anilines is 1. The Labute approximate surface area is 241 Å². The second-order valence-corrected chi connectivity index (χ2v) is 11.5. The SMILES string of the molecule is CCOc1ccc(NC(=O)[C@@H]2[C@H]3C(=O)N(CCCCCCO)C(C(=O)NCc4ccccc4)C34CC[C@@]2(C)O4)cc1. The van der Waals surface area contributed by atoms with Gasteiger partial charge < -0.3 is 30.1 Å². The molecule has 41 heavy (non-hydrogen) atoms. The van der Waals surface area contributed by atoms with Crippen LogP contribution in [0.1, 0.15) is 57.9 Å². The van der Waals surface area contributed by atoms with E-state index in [9.17, 15) is 14.4 Å². The van der Waals surface area contributed by atoms with Crippen LogP contribution in [0.15, 0.2) is 54.6 Å². The number of aliphatic hydroxyl groups is 1. The lowest BCUT2D eigenvalue weighted by Crippen LogP contribution is -2.55. The lowest BCUT2D eigenvalue weighted by atomic mass is 9.66. The summed E-state index contributed by atoms with van der Waals surface area (Å²) >= 11 is 0. The molecule has 1 spiro atoms. The van der Waals surface area contributed by atoms with Crippen molar-refractivity contribution in [2.75, 3.05) is 25.1 Å². The van der Waals surface area contributed by atoms with E-state index in [2.05, 4.69) is 10.6 Å². The van der Waals surface area contributed by atoms with Crippen molar-refractivity contribution in [2.45, 2.75) is 76.2 Å². The van der Waals surface area contributed by atoms with E-state index in [-0.39, 0.29) is 24.3 Å². The monoisotopic (exact) mass is 563 g/mol. The van der Waals surface area contributed by atoms with Crippen LogP contribution < -0.4 is 15.4 Å². The summed E-state index contributed by atoms with van der Waals surface area (Å²) in [6, 6.07) is 16.0. The smallest absolute Gasteiger partial charge is 0.246 e. The molecule has 3 fully saturated rings. The largest absolute Gasteiger partial charge is 0.494 e. The number of carbonyl (C=O) groups is 3. The van der Waals surface area contributed by atoms with Crippen LogP contribution in [0.3, 0.4) is 0 Å². The predicted octanol–water partition coefficient (Wildman–Crippen LogP) is 3.66. The second-order valence-electron chi connectivity index (χ2n) is 11.5. The number of carbonyl (C=O) groups excluding carboxylic acids is 3. The van der Waals surface area contributed by atoms with Crippen LogP contribution in [-0.4, -0.2) is 64.7 Å². The van der Waals surface area contributed by atoms with Crippen molar-refractivity contribution in [1.82, 2.24) is 10.2 Å². The molecule has 2 unspecified atom stereocenters. The fraction of sp³-hybridized carbons (Fsp3) is 0.531. The van der Waals surface area contributed by atoms with E-state index in [0.717, 1.165) is 18.4 Å². The van der Waals surface area contributed by atoms with E-state index >= 15 is 0 Å². The molecule has 3 aliphatic rings. The fourth-order valence-corrected chi connectivity index (χ4v) is 7.02. The van der Waals surface area contributed by atoms with Gasteiger partial charge in [-0.1, -0.05) is 43.2 Å². The predicted molar refractivity (Wildman–Crippen MR) is 154 cm³/mol. The maximum absolute atomic E-state index is 14.1. The van der Waals surface area contributed by atoms with Crippen molar-refractivity contribution in [3.63, 3.8) is 0 Å². The van der Waals surface area contributed by atoms with Crippen molar-refractivity contribution >= 4 is 23.4 Å². The molecule has 2 aromatic rings. The summed E-state index contributed by atoms with van der Waals surface area (Å²) in [6.07, 6.45) is 4.22. The van der Waals surface area contributed by atoms with Crippen LogP contribution in [0.25, 0.3) is 0 Å². The number of hydrogen-bond donors (Lipinski definition) is 3. The maximum Gasteiger partial charge on any atom is 0.246 e. The highest BCUT2D eigenvalue weighted by molar-refractivity contribution is 6.02.